The van der Waals surface area contributed by atoms with Crippen LogP contribution in [0.3, 0.4) is 0 Å². The van der Waals surface area contributed by atoms with E-state index in [2.05, 4.69) is 5.32 Å². The summed E-state index contributed by atoms with van der Waals surface area (Å²) >= 11 is 5.90. The van der Waals surface area contributed by atoms with E-state index in [0.717, 1.165) is 0 Å². The van der Waals surface area contributed by atoms with E-state index in [1.807, 2.05) is 13.8 Å². The van der Waals surface area contributed by atoms with Crippen LogP contribution in [0.5, 0.6) is 5.75 Å². The number of carbonyl (C=O) groups is 1. The van der Waals surface area contributed by atoms with Crippen molar-refractivity contribution in [1.29, 1.82) is 0 Å². The predicted octanol–water partition coefficient (Wildman–Crippen LogP) is 5.56. The predicted molar refractivity (Wildman–Crippen MR) is 118 cm³/mol. The first kappa shape index (κ1) is 21.9. The van der Waals surface area contributed by atoms with Crippen molar-refractivity contribution < 1.29 is 18.3 Å². The molecule has 0 saturated heterocycles. The quantitative estimate of drug-likeness (QED) is 0.505. The summed E-state index contributed by atoms with van der Waals surface area (Å²) in [4.78, 5) is 12.5. The summed E-state index contributed by atoms with van der Waals surface area (Å²) in [5.74, 6) is -0.983. The molecule has 0 heterocycles. The van der Waals surface area contributed by atoms with Crippen LogP contribution in [0.25, 0.3) is 0 Å². The molecule has 7 heteroatoms. The molecule has 30 heavy (non-hydrogen) atoms. The van der Waals surface area contributed by atoms with Crippen LogP contribution in [0.2, 0.25) is 5.02 Å². The Balaban J connectivity index is 2.20. The number of hydrogen-bond acceptors (Lipinski definition) is 4. The van der Waals surface area contributed by atoms with Gasteiger partial charge in [0.15, 0.2) is 0 Å². The highest BCUT2D eigenvalue weighted by atomic mass is 35.5. The summed E-state index contributed by atoms with van der Waals surface area (Å²) in [6.07, 6.45) is 0. The van der Waals surface area contributed by atoms with Gasteiger partial charge in [0, 0.05) is 21.8 Å². The fraction of sp³-hybridized carbons (Fsp3) is 0.174. The van der Waals surface area contributed by atoms with Gasteiger partial charge >= 0.3 is 0 Å². The van der Waals surface area contributed by atoms with Gasteiger partial charge < -0.3 is 10.4 Å². The molecule has 1 amide bonds. The molecule has 0 radical (unpaired) electrons. The van der Waals surface area contributed by atoms with Gasteiger partial charge in [0.25, 0.3) is 5.91 Å². The van der Waals surface area contributed by atoms with E-state index in [0.29, 0.717) is 27.4 Å². The van der Waals surface area contributed by atoms with E-state index >= 15 is 0 Å². The lowest BCUT2D eigenvalue weighted by molar-refractivity contribution is 0.102. The monoisotopic (exact) mass is 443 g/mol. The number of hydrogen-bond donors (Lipinski definition) is 2. The Morgan fingerprint density at radius 1 is 1.03 bits per heavy atom. The zero-order valence-corrected chi connectivity index (χ0v) is 18.4. The Hall–Kier alpha value is -2.83. The minimum absolute atomic E-state index is 0.00929. The fourth-order valence-corrected chi connectivity index (χ4v) is 5.16. The zero-order chi connectivity index (χ0) is 22.1. The Morgan fingerprint density at radius 3 is 2.20 bits per heavy atom. The third-order valence-corrected chi connectivity index (χ3v) is 6.83. The maximum absolute atomic E-state index is 13.4. The summed E-state index contributed by atoms with van der Waals surface area (Å²) in [7, 11) is -4.07. The lowest BCUT2D eigenvalue weighted by Gasteiger charge is -2.21. The molecule has 0 unspecified atom stereocenters. The van der Waals surface area contributed by atoms with Gasteiger partial charge in [0.1, 0.15) is 10.6 Å². The molecule has 3 rings (SSSR count). The van der Waals surface area contributed by atoms with E-state index in [-0.39, 0.29) is 27.4 Å². The first-order valence-corrected chi connectivity index (χ1v) is 11.2. The largest absolute Gasteiger partial charge is 0.506 e. The molecule has 2 N–H and O–H groups in total. The molecule has 0 aromatic heterocycles. The highest BCUT2D eigenvalue weighted by Gasteiger charge is 2.30. The number of sulfone groups is 1. The van der Waals surface area contributed by atoms with Crippen molar-refractivity contribution in [3.63, 3.8) is 0 Å². The van der Waals surface area contributed by atoms with Gasteiger partial charge in [-0.2, -0.15) is 0 Å². The highest BCUT2D eigenvalue weighted by molar-refractivity contribution is 7.91. The molecule has 0 saturated carbocycles. The number of carbonyl (C=O) groups excluding carboxylic acids is 1. The molecule has 0 atom stereocenters. The molecule has 5 nitrogen and oxygen atoms in total. The maximum atomic E-state index is 13.4. The average molecular weight is 444 g/mol. The van der Waals surface area contributed by atoms with Crippen LogP contribution >= 0.6 is 11.6 Å². The standard InChI is InChI=1S/C23H22ClNO4S/c1-14(2)20-19(25-23(27)16-7-5-4-6-8-16)13-15(3)21(26)22(20)30(28,29)18-11-9-17(24)10-12-18/h4-14,26H,1-3H3,(H,25,27). The van der Waals surface area contributed by atoms with Crippen molar-refractivity contribution in [3.05, 3.63) is 82.4 Å². The van der Waals surface area contributed by atoms with Crippen LogP contribution in [0, 0.1) is 6.92 Å². The summed E-state index contributed by atoms with van der Waals surface area (Å²) in [6.45, 7) is 5.21. The van der Waals surface area contributed by atoms with Crippen LogP contribution in [0.15, 0.2) is 70.5 Å². The fourth-order valence-electron chi connectivity index (χ4n) is 3.26. The summed E-state index contributed by atoms with van der Waals surface area (Å²) in [5, 5.41) is 14.0. The number of phenolic OH excluding ortho intramolecular Hbond substituents is 1. The topological polar surface area (TPSA) is 83.5 Å². The number of halogens is 1. The highest BCUT2D eigenvalue weighted by Crippen LogP contribution is 2.42. The number of anilines is 1. The summed E-state index contributed by atoms with van der Waals surface area (Å²) in [6, 6.07) is 16.0. The number of aryl methyl sites for hydroxylation is 1. The van der Waals surface area contributed by atoms with Crippen molar-refractivity contribution in [1.82, 2.24) is 0 Å². The van der Waals surface area contributed by atoms with Crippen molar-refractivity contribution in [2.75, 3.05) is 5.32 Å². The first-order chi connectivity index (χ1) is 14.1. The van der Waals surface area contributed by atoms with Crippen LogP contribution in [0.4, 0.5) is 5.69 Å². The van der Waals surface area contributed by atoms with Gasteiger partial charge in [-0.3, -0.25) is 4.79 Å². The van der Waals surface area contributed by atoms with Gasteiger partial charge in [0.05, 0.1) is 4.90 Å². The Labute approximate surface area is 181 Å². The van der Waals surface area contributed by atoms with E-state index in [9.17, 15) is 18.3 Å². The number of phenols is 1. The molecule has 0 aliphatic carbocycles. The SMILES string of the molecule is Cc1cc(NC(=O)c2ccccc2)c(C(C)C)c(S(=O)(=O)c2ccc(Cl)cc2)c1O. The molecule has 0 aliphatic rings. The number of nitrogens with one attached hydrogen (secondary N) is 1. The molecule has 0 spiro atoms. The number of amides is 1. The molecular weight excluding hydrogens is 422 g/mol. The van der Waals surface area contributed by atoms with E-state index in [4.69, 9.17) is 11.6 Å². The molecule has 0 bridgehead atoms. The van der Waals surface area contributed by atoms with Gasteiger partial charge in [-0.15, -0.1) is 0 Å². The minimum Gasteiger partial charge on any atom is -0.506 e. The van der Waals surface area contributed by atoms with Crippen LogP contribution in [-0.2, 0) is 9.84 Å². The second-order valence-corrected chi connectivity index (χ2v) is 9.59. The Bertz CT molecular complexity index is 1190. The van der Waals surface area contributed by atoms with Crippen molar-refractivity contribution in [2.45, 2.75) is 36.5 Å². The number of benzene rings is 3. The van der Waals surface area contributed by atoms with Gasteiger partial charge in [0.2, 0.25) is 9.84 Å². The van der Waals surface area contributed by atoms with E-state index < -0.39 is 9.84 Å². The third kappa shape index (κ3) is 4.20. The minimum atomic E-state index is -4.07. The Morgan fingerprint density at radius 2 is 1.63 bits per heavy atom. The zero-order valence-electron chi connectivity index (χ0n) is 16.8. The number of aromatic hydroxyl groups is 1. The molecule has 0 aliphatic heterocycles. The molecule has 3 aromatic rings. The van der Waals surface area contributed by atoms with E-state index in [1.165, 1.54) is 24.3 Å². The average Bonchev–Trinajstić information content (AvgIpc) is 2.70. The van der Waals surface area contributed by atoms with Crippen LogP contribution in [-0.4, -0.2) is 19.4 Å². The van der Waals surface area contributed by atoms with Crippen molar-refractivity contribution >= 4 is 33.0 Å². The molecule has 3 aromatic carbocycles. The van der Waals surface area contributed by atoms with E-state index in [1.54, 1.807) is 43.3 Å². The number of rotatable bonds is 5. The summed E-state index contributed by atoms with van der Waals surface area (Å²) < 4.78 is 26.9. The summed E-state index contributed by atoms with van der Waals surface area (Å²) in [5.41, 5.74) is 1.48. The van der Waals surface area contributed by atoms with Gasteiger partial charge in [-0.05, 0) is 60.9 Å². The molecular formula is C23H22ClNO4S. The normalized spacial score (nSPS) is 11.5. The molecule has 156 valence electrons. The third-order valence-electron chi connectivity index (χ3n) is 4.74. The maximum Gasteiger partial charge on any atom is 0.255 e. The van der Waals surface area contributed by atoms with Gasteiger partial charge in [-0.1, -0.05) is 43.6 Å². The lowest BCUT2D eigenvalue weighted by Crippen LogP contribution is -2.16. The lowest BCUT2D eigenvalue weighted by atomic mass is 9.98. The Kier molecular flexibility index (Phi) is 6.19. The van der Waals surface area contributed by atoms with Crippen LogP contribution in [0.1, 0.15) is 41.3 Å². The molecule has 0 fully saturated rings. The second kappa shape index (κ2) is 8.50. The van der Waals surface area contributed by atoms with Crippen LogP contribution < -0.4 is 5.32 Å². The first-order valence-electron chi connectivity index (χ1n) is 9.36. The smallest absolute Gasteiger partial charge is 0.255 e. The van der Waals surface area contributed by atoms with Crippen molar-refractivity contribution in [3.8, 4) is 5.75 Å². The van der Waals surface area contributed by atoms with Gasteiger partial charge in [-0.25, -0.2) is 8.42 Å². The second-order valence-electron chi connectivity index (χ2n) is 7.26. The van der Waals surface area contributed by atoms with Crippen molar-refractivity contribution in [2.24, 2.45) is 0 Å².